The quantitative estimate of drug-likeness (QED) is 0.749. The van der Waals surface area contributed by atoms with E-state index in [1.807, 2.05) is 24.3 Å². The molecule has 146 valence electrons. The van der Waals surface area contributed by atoms with Crippen molar-refractivity contribution in [2.45, 2.75) is 20.0 Å². The highest BCUT2D eigenvalue weighted by Gasteiger charge is 2.32. The smallest absolute Gasteiger partial charge is 0.260 e. The molecule has 28 heavy (non-hydrogen) atoms. The van der Waals surface area contributed by atoms with Crippen LogP contribution in [-0.2, 0) is 27.3 Å². The average Bonchev–Trinajstić information content (AvgIpc) is 3.27. The van der Waals surface area contributed by atoms with Crippen molar-refractivity contribution in [1.82, 2.24) is 4.90 Å². The van der Waals surface area contributed by atoms with E-state index in [4.69, 9.17) is 9.47 Å². The van der Waals surface area contributed by atoms with Gasteiger partial charge in [-0.3, -0.25) is 4.79 Å². The highest BCUT2D eigenvalue weighted by atomic mass is 16.5. The molecule has 0 radical (unpaired) electrons. The van der Waals surface area contributed by atoms with Crippen LogP contribution < -0.4 is 5.32 Å². The van der Waals surface area contributed by atoms with Crippen molar-refractivity contribution in [1.29, 1.82) is 0 Å². The molecule has 2 aliphatic rings. The second-order valence-corrected chi connectivity index (χ2v) is 7.16. The molecule has 0 spiro atoms. The molecule has 1 amide bonds. The number of likely N-dealkylation sites (N-methyl/N-ethyl adjacent to an activating group) is 1. The third-order valence-corrected chi connectivity index (χ3v) is 5.46. The fourth-order valence-electron chi connectivity index (χ4n) is 3.86. The standard InChI is InChI=1S/C23H26N2O3/c1-3-25(12-13-27-2)11-10-16-8-9-18-17(14-16)15-28-22(18)21-19-6-4-5-7-20(19)24-23(21)26/h4-9,14H,3,10-13,15H2,1-2H3,(H,24,26)/b22-21+. The first-order chi connectivity index (χ1) is 13.7. The lowest BCUT2D eigenvalue weighted by Crippen LogP contribution is -2.29. The topological polar surface area (TPSA) is 50.8 Å². The number of benzene rings is 2. The molecule has 2 aromatic carbocycles. The van der Waals surface area contributed by atoms with Gasteiger partial charge in [0, 0.05) is 42.6 Å². The van der Waals surface area contributed by atoms with E-state index in [0.29, 0.717) is 17.9 Å². The Hall–Kier alpha value is -2.63. The third-order valence-electron chi connectivity index (χ3n) is 5.46. The van der Waals surface area contributed by atoms with Gasteiger partial charge < -0.3 is 19.7 Å². The van der Waals surface area contributed by atoms with E-state index < -0.39 is 0 Å². The molecule has 1 N–H and O–H groups in total. The van der Waals surface area contributed by atoms with Gasteiger partial charge in [-0.15, -0.1) is 0 Å². The van der Waals surface area contributed by atoms with E-state index in [2.05, 4.69) is 35.3 Å². The fraction of sp³-hybridized carbons (Fsp3) is 0.348. The Morgan fingerprint density at radius 2 is 2.00 bits per heavy atom. The maximum absolute atomic E-state index is 12.5. The summed E-state index contributed by atoms with van der Waals surface area (Å²) < 4.78 is 11.2. The molecule has 0 unspecified atom stereocenters. The number of nitrogens with zero attached hydrogens (tertiary/aromatic N) is 1. The summed E-state index contributed by atoms with van der Waals surface area (Å²) in [5.41, 5.74) is 5.87. The Labute approximate surface area is 165 Å². The van der Waals surface area contributed by atoms with Crippen LogP contribution in [0.3, 0.4) is 0 Å². The zero-order chi connectivity index (χ0) is 19.5. The molecule has 0 bridgehead atoms. The molecule has 0 saturated carbocycles. The highest BCUT2D eigenvalue weighted by Crippen LogP contribution is 2.41. The number of methoxy groups -OCH3 is 1. The molecule has 0 fully saturated rings. The number of ether oxygens (including phenoxy) is 2. The summed E-state index contributed by atoms with van der Waals surface area (Å²) in [4.78, 5) is 14.9. The molecule has 5 nitrogen and oxygen atoms in total. The highest BCUT2D eigenvalue weighted by molar-refractivity contribution is 6.36. The van der Waals surface area contributed by atoms with Gasteiger partial charge in [0.25, 0.3) is 5.91 Å². The molecule has 0 saturated heterocycles. The van der Waals surface area contributed by atoms with Crippen molar-refractivity contribution in [3.05, 3.63) is 64.7 Å². The maximum Gasteiger partial charge on any atom is 0.260 e. The molecular weight excluding hydrogens is 352 g/mol. The predicted octanol–water partition coefficient (Wildman–Crippen LogP) is 3.55. The van der Waals surface area contributed by atoms with Gasteiger partial charge in [-0.25, -0.2) is 0 Å². The van der Waals surface area contributed by atoms with Crippen molar-refractivity contribution < 1.29 is 14.3 Å². The molecular formula is C23H26N2O3. The summed E-state index contributed by atoms with van der Waals surface area (Å²) >= 11 is 0. The van der Waals surface area contributed by atoms with Gasteiger partial charge in [0.2, 0.25) is 0 Å². The number of carbonyl (C=O) groups excluding carboxylic acids is 1. The van der Waals surface area contributed by atoms with Crippen molar-refractivity contribution in [3.8, 4) is 0 Å². The minimum Gasteiger partial charge on any atom is -0.487 e. The molecule has 2 aromatic rings. The third kappa shape index (κ3) is 3.55. The number of nitrogens with one attached hydrogen (secondary N) is 1. The minimum absolute atomic E-state index is 0.0927. The molecule has 5 heteroatoms. The number of hydrogen-bond acceptors (Lipinski definition) is 4. The molecule has 4 rings (SSSR count). The second kappa shape index (κ2) is 8.17. The monoisotopic (exact) mass is 378 g/mol. The first kappa shape index (κ1) is 18.7. The van der Waals surface area contributed by atoms with Crippen molar-refractivity contribution in [2.75, 3.05) is 38.7 Å². The van der Waals surface area contributed by atoms with Crippen LogP contribution in [0, 0.1) is 0 Å². The van der Waals surface area contributed by atoms with Crippen LogP contribution in [-0.4, -0.2) is 44.2 Å². The summed E-state index contributed by atoms with van der Waals surface area (Å²) in [6.45, 7) is 6.41. The van der Waals surface area contributed by atoms with Crippen LogP contribution in [0.1, 0.15) is 29.2 Å². The largest absolute Gasteiger partial charge is 0.487 e. The van der Waals surface area contributed by atoms with Crippen LogP contribution in [0.25, 0.3) is 11.3 Å². The van der Waals surface area contributed by atoms with Gasteiger partial charge in [0.1, 0.15) is 12.4 Å². The minimum atomic E-state index is -0.0927. The van der Waals surface area contributed by atoms with Gasteiger partial charge in [0.05, 0.1) is 12.2 Å². The van der Waals surface area contributed by atoms with Crippen molar-refractivity contribution in [2.24, 2.45) is 0 Å². The fourth-order valence-corrected chi connectivity index (χ4v) is 3.86. The lowest BCUT2D eigenvalue weighted by atomic mass is 9.98. The van der Waals surface area contributed by atoms with Crippen LogP contribution in [0.5, 0.6) is 0 Å². The maximum atomic E-state index is 12.5. The van der Waals surface area contributed by atoms with E-state index in [1.165, 1.54) is 5.56 Å². The zero-order valence-corrected chi connectivity index (χ0v) is 16.5. The SMILES string of the molecule is CCN(CCOC)CCc1ccc2c(c1)CO/C2=C1/C(=O)Nc2ccccc21. The summed E-state index contributed by atoms with van der Waals surface area (Å²) in [5.74, 6) is 0.601. The summed E-state index contributed by atoms with van der Waals surface area (Å²) in [7, 11) is 1.74. The summed E-state index contributed by atoms with van der Waals surface area (Å²) in [6.07, 6.45) is 0.986. The lowest BCUT2D eigenvalue weighted by molar-refractivity contribution is -0.110. The number of carbonyl (C=O) groups is 1. The van der Waals surface area contributed by atoms with E-state index >= 15 is 0 Å². The van der Waals surface area contributed by atoms with Gasteiger partial charge in [-0.2, -0.15) is 0 Å². The Kier molecular flexibility index (Phi) is 5.46. The first-order valence-corrected chi connectivity index (χ1v) is 9.82. The van der Waals surface area contributed by atoms with Gasteiger partial charge in [0.15, 0.2) is 0 Å². The van der Waals surface area contributed by atoms with Crippen LogP contribution >= 0.6 is 0 Å². The second-order valence-electron chi connectivity index (χ2n) is 7.16. The van der Waals surface area contributed by atoms with Crippen LogP contribution in [0.4, 0.5) is 5.69 Å². The van der Waals surface area contributed by atoms with E-state index in [-0.39, 0.29) is 5.91 Å². The van der Waals surface area contributed by atoms with E-state index in [0.717, 1.165) is 55.0 Å². The molecule has 0 atom stereocenters. The molecule has 0 aromatic heterocycles. The normalized spacial score (nSPS) is 17.5. The number of para-hydroxylation sites is 1. The predicted molar refractivity (Wildman–Crippen MR) is 111 cm³/mol. The Bertz CT molecular complexity index is 920. The average molecular weight is 378 g/mol. The Morgan fingerprint density at radius 1 is 1.14 bits per heavy atom. The first-order valence-electron chi connectivity index (χ1n) is 9.82. The Morgan fingerprint density at radius 3 is 2.82 bits per heavy atom. The number of rotatable bonds is 7. The lowest BCUT2D eigenvalue weighted by Gasteiger charge is -2.19. The van der Waals surface area contributed by atoms with Gasteiger partial charge in [-0.05, 0) is 24.6 Å². The Balaban J connectivity index is 1.55. The molecule has 2 aliphatic heterocycles. The molecule has 0 aliphatic carbocycles. The van der Waals surface area contributed by atoms with E-state index in [9.17, 15) is 4.79 Å². The van der Waals surface area contributed by atoms with Crippen molar-refractivity contribution >= 4 is 22.9 Å². The summed E-state index contributed by atoms with van der Waals surface area (Å²) in [5, 5.41) is 2.93. The number of amides is 1. The number of hydrogen-bond donors (Lipinski definition) is 1. The summed E-state index contributed by atoms with van der Waals surface area (Å²) in [6, 6.07) is 14.2. The zero-order valence-electron chi connectivity index (χ0n) is 16.5. The number of fused-ring (bicyclic) bond motifs is 2. The van der Waals surface area contributed by atoms with Gasteiger partial charge in [-0.1, -0.05) is 43.3 Å². The van der Waals surface area contributed by atoms with Gasteiger partial charge >= 0.3 is 0 Å². The van der Waals surface area contributed by atoms with Crippen LogP contribution in [0.2, 0.25) is 0 Å². The number of anilines is 1. The van der Waals surface area contributed by atoms with Crippen LogP contribution in [0.15, 0.2) is 42.5 Å². The van der Waals surface area contributed by atoms with E-state index in [1.54, 1.807) is 7.11 Å². The molecule has 2 heterocycles. The van der Waals surface area contributed by atoms with Crippen molar-refractivity contribution in [3.63, 3.8) is 0 Å².